The van der Waals surface area contributed by atoms with Gasteiger partial charge in [-0.25, -0.2) is 4.98 Å². The molecule has 3 aromatic rings. The number of thiazole rings is 1. The minimum Gasteiger partial charge on any atom is -0.340 e. The third-order valence-corrected chi connectivity index (χ3v) is 5.91. The highest BCUT2D eigenvalue weighted by molar-refractivity contribution is 7.80. The van der Waals surface area contributed by atoms with Crippen LogP contribution in [0.3, 0.4) is 0 Å². The van der Waals surface area contributed by atoms with E-state index in [1.54, 1.807) is 23.5 Å². The zero-order valence-electron chi connectivity index (χ0n) is 13.8. The highest BCUT2D eigenvalue weighted by Gasteiger charge is 2.30. The molecule has 1 saturated heterocycles. The first-order chi connectivity index (χ1) is 12.6. The maximum absolute atomic E-state index is 10.8. The van der Waals surface area contributed by atoms with Gasteiger partial charge in [-0.3, -0.25) is 10.1 Å². The van der Waals surface area contributed by atoms with Crippen molar-refractivity contribution in [1.82, 2.24) is 9.88 Å². The van der Waals surface area contributed by atoms with Gasteiger partial charge in [-0.15, -0.1) is 11.3 Å². The fraction of sp³-hybridized carbons (Fsp3) is 0.222. The first-order valence-electron chi connectivity index (χ1n) is 8.29. The van der Waals surface area contributed by atoms with E-state index in [-0.39, 0.29) is 11.7 Å². The molecule has 0 unspecified atom stereocenters. The number of fused-ring (bicyclic) bond motifs is 1. The van der Waals surface area contributed by atoms with Gasteiger partial charge < -0.3 is 10.2 Å². The molecular weight excluding hydrogens is 368 g/mol. The number of nitro benzene ring substituents is 1. The summed E-state index contributed by atoms with van der Waals surface area (Å²) in [6.45, 7) is 0.874. The van der Waals surface area contributed by atoms with Gasteiger partial charge in [-0.05, 0) is 49.3 Å². The Labute approximate surface area is 159 Å². The highest BCUT2D eigenvalue weighted by Crippen LogP contribution is 2.36. The largest absolute Gasteiger partial charge is 0.340 e. The van der Waals surface area contributed by atoms with Crippen LogP contribution >= 0.6 is 23.6 Å². The molecule has 0 amide bonds. The number of para-hydroxylation sites is 1. The summed E-state index contributed by atoms with van der Waals surface area (Å²) in [5.74, 6) is 0. The topological polar surface area (TPSA) is 71.3 Å². The molecule has 0 spiro atoms. The van der Waals surface area contributed by atoms with Crippen LogP contribution in [0.15, 0.2) is 48.5 Å². The average Bonchev–Trinajstić information content (AvgIpc) is 3.28. The zero-order valence-corrected chi connectivity index (χ0v) is 15.4. The second-order valence-corrected chi connectivity index (χ2v) is 7.55. The van der Waals surface area contributed by atoms with E-state index in [9.17, 15) is 10.1 Å². The van der Waals surface area contributed by atoms with E-state index in [1.165, 1.54) is 16.8 Å². The smallest absolute Gasteiger partial charge is 0.269 e. The van der Waals surface area contributed by atoms with Crippen LogP contribution in [-0.2, 0) is 0 Å². The van der Waals surface area contributed by atoms with Crippen LogP contribution in [0.5, 0.6) is 0 Å². The number of anilines is 1. The molecule has 2 aromatic carbocycles. The number of nitrogens with zero attached hydrogens (tertiary/aromatic N) is 3. The Morgan fingerprint density at radius 2 is 2.04 bits per heavy atom. The van der Waals surface area contributed by atoms with E-state index in [4.69, 9.17) is 17.2 Å². The monoisotopic (exact) mass is 384 g/mol. The molecule has 1 atom stereocenters. The van der Waals surface area contributed by atoms with Crippen LogP contribution in [0.1, 0.15) is 23.9 Å². The summed E-state index contributed by atoms with van der Waals surface area (Å²) in [6, 6.07) is 14.6. The maximum Gasteiger partial charge on any atom is 0.269 e. The van der Waals surface area contributed by atoms with Crippen molar-refractivity contribution < 1.29 is 4.92 Å². The number of nitrogens with one attached hydrogen (secondary N) is 1. The molecule has 132 valence electrons. The lowest BCUT2D eigenvalue weighted by molar-refractivity contribution is -0.384. The number of benzene rings is 2. The molecule has 0 bridgehead atoms. The van der Waals surface area contributed by atoms with Crippen molar-refractivity contribution in [2.24, 2.45) is 0 Å². The van der Waals surface area contributed by atoms with Gasteiger partial charge in [0.25, 0.3) is 5.69 Å². The molecule has 1 N–H and O–H groups in total. The van der Waals surface area contributed by atoms with Crippen molar-refractivity contribution in [1.29, 1.82) is 0 Å². The summed E-state index contributed by atoms with van der Waals surface area (Å²) in [5, 5.41) is 15.7. The summed E-state index contributed by atoms with van der Waals surface area (Å²) in [6.07, 6.45) is 2.07. The third kappa shape index (κ3) is 3.25. The lowest BCUT2D eigenvalue weighted by atomic mass is 10.2. The van der Waals surface area contributed by atoms with Crippen molar-refractivity contribution in [3.8, 4) is 0 Å². The Morgan fingerprint density at radius 3 is 2.77 bits per heavy atom. The number of thiocarbonyl (C=S) groups is 1. The number of likely N-dealkylation sites (tertiary alicyclic amines) is 1. The summed E-state index contributed by atoms with van der Waals surface area (Å²) >= 11 is 7.31. The predicted molar refractivity (Wildman–Crippen MR) is 108 cm³/mol. The first kappa shape index (κ1) is 16.9. The second-order valence-electron chi connectivity index (χ2n) is 6.11. The standard InChI is InChI=1S/C18H16N4O2S2/c23-22(24)13-9-7-12(8-10-13)19-18(25)21-11-3-5-15(21)17-20-14-4-1-2-6-16(14)26-17/h1-2,4,6-10,15H,3,5,11H2,(H,19,25)/t15-/m0/s1. The van der Waals surface area contributed by atoms with Crippen LogP contribution in [-0.4, -0.2) is 26.5 Å². The Kier molecular flexibility index (Phi) is 4.52. The van der Waals surface area contributed by atoms with Gasteiger partial charge in [-0.1, -0.05) is 12.1 Å². The van der Waals surface area contributed by atoms with Crippen LogP contribution < -0.4 is 5.32 Å². The average molecular weight is 384 g/mol. The minimum atomic E-state index is -0.411. The molecule has 1 fully saturated rings. The van der Waals surface area contributed by atoms with E-state index in [0.29, 0.717) is 5.11 Å². The van der Waals surface area contributed by atoms with Gasteiger partial charge in [0.15, 0.2) is 5.11 Å². The fourth-order valence-corrected chi connectivity index (χ4v) is 4.61. The number of hydrogen-bond acceptors (Lipinski definition) is 5. The minimum absolute atomic E-state index is 0.0648. The first-order valence-corrected chi connectivity index (χ1v) is 9.52. The molecule has 0 radical (unpaired) electrons. The number of nitro groups is 1. The van der Waals surface area contributed by atoms with Crippen molar-refractivity contribution in [2.45, 2.75) is 18.9 Å². The molecular formula is C18H16N4O2S2. The molecule has 1 aliphatic rings. The molecule has 26 heavy (non-hydrogen) atoms. The lowest BCUT2D eigenvalue weighted by Crippen LogP contribution is -2.34. The molecule has 1 aliphatic heterocycles. The Bertz CT molecular complexity index is 938. The number of hydrogen-bond donors (Lipinski definition) is 1. The van der Waals surface area contributed by atoms with E-state index >= 15 is 0 Å². The second kappa shape index (κ2) is 6.97. The van der Waals surface area contributed by atoms with Crippen LogP contribution in [0.2, 0.25) is 0 Å². The summed E-state index contributed by atoms with van der Waals surface area (Å²) in [7, 11) is 0. The van der Waals surface area contributed by atoms with Crippen LogP contribution in [0.4, 0.5) is 11.4 Å². The van der Waals surface area contributed by atoms with E-state index < -0.39 is 4.92 Å². The number of non-ortho nitro benzene ring substituents is 1. The van der Waals surface area contributed by atoms with E-state index in [0.717, 1.165) is 35.6 Å². The summed E-state index contributed by atoms with van der Waals surface area (Å²) in [5.41, 5.74) is 1.83. The van der Waals surface area contributed by atoms with Crippen molar-refractivity contribution >= 4 is 50.3 Å². The SMILES string of the molecule is O=[N+]([O-])c1ccc(NC(=S)N2CCC[C@H]2c2nc3ccccc3s2)cc1. The normalized spacial score (nSPS) is 16.8. The Balaban J connectivity index is 1.52. The fourth-order valence-electron chi connectivity index (χ4n) is 3.16. The highest BCUT2D eigenvalue weighted by atomic mass is 32.1. The number of rotatable bonds is 3. The quantitative estimate of drug-likeness (QED) is 0.400. The summed E-state index contributed by atoms with van der Waals surface area (Å²) in [4.78, 5) is 17.3. The Morgan fingerprint density at radius 1 is 1.27 bits per heavy atom. The van der Waals surface area contributed by atoms with Gasteiger partial charge in [0.1, 0.15) is 5.01 Å². The molecule has 0 aliphatic carbocycles. The maximum atomic E-state index is 10.8. The molecule has 2 heterocycles. The van der Waals surface area contributed by atoms with Crippen LogP contribution in [0, 0.1) is 10.1 Å². The lowest BCUT2D eigenvalue weighted by Gasteiger charge is -2.26. The van der Waals surface area contributed by atoms with Gasteiger partial charge in [-0.2, -0.15) is 0 Å². The molecule has 8 heteroatoms. The molecule has 6 nitrogen and oxygen atoms in total. The molecule has 0 saturated carbocycles. The van der Waals surface area contributed by atoms with Crippen molar-refractivity contribution in [3.63, 3.8) is 0 Å². The van der Waals surface area contributed by atoms with Crippen LogP contribution in [0.25, 0.3) is 10.2 Å². The van der Waals surface area contributed by atoms with Gasteiger partial charge in [0.05, 0.1) is 21.2 Å². The zero-order chi connectivity index (χ0) is 18.1. The molecule has 4 rings (SSSR count). The van der Waals surface area contributed by atoms with Gasteiger partial charge in [0.2, 0.25) is 0 Å². The van der Waals surface area contributed by atoms with E-state index in [1.807, 2.05) is 18.2 Å². The summed E-state index contributed by atoms with van der Waals surface area (Å²) < 4.78 is 1.18. The Hall–Kier alpha value is -2.58. The van der Waals surface area contributed by atoms with Crippen molar-refractivity contribution in [2.75, 3.05) is 11.9 Å². The third-order valence-electron chi connectivity index (χ3n) is 4.44. The predicted octanol–water partition coefficient (Wildman–Crippen LogP) is 4.74. The number of aromatic nitrogens is 1. The van der Waals surface area contributed by atoms with E-state index in [2.05, 4.69) is 16.3 Å². The van der Waals surface area contributed by atoms with Gasteiger partial charge in [0, 0.05) is 24.4 Å². The molecule has 1 aromatic heterocycles. The van der Waals surface area contributed by atoms with Crippen molar-refractivity contribution in [3.05, 3.63) is 63.7 Å². The van der Waals surface area contributed by atoms with Gasteiger partial charge >= 0.3 is 0 Å².